The van der Waals surface area contributed by atoms with E-state index >= 15 is 0 Å². The molecule has 0 saturated heterocycles. The molecular weight excluding hydrogens is 464 g/mol. The number of rotatable bonds is 3. The zero-order chi connectivity index (χ0) is 18.5. The number of halogens is 3. The second kappa shape index (κ2) is 6.22. The molecule has 0 saturated carbocycles. The number of benzene rings is 2. The lowest BCUT2D eigenvalue weighted by molar-refractivity contribution is -0.134. The zero-order valence-electron chi connectivity index (χ0n) is 12.9. The molecule has 5 nitrogen and oxygen atoms in total. The molecule has 0 bridgehead atoms. The monoisotopic (exact) mass is 475 g/mol. The third kappa shape index (κ3) is 2.90. The van der Waals surface area contributed by atoms with Crippen LogP contribution in [0.15, 0.2) is 30.3 Å². The number of amides is 1. The first-order valence-electron chi connectivity index (χ1n) is 7.19. The zero-order valence-corrected chi connectivity index (χ0v) is 15.8. The molecule has 1 unspecified atom stereocenters. The number of carboxylic acid groups (broad SMARTS) is 1. The molecule has 1 heterocycles. The topological polar surface area (TPSA) is 77.8 Å². The number of aromatic carboxylic acids is 1. The Morgan fingerprint density at radius 3 is 2.68 bits per heavy atom. The number of carbonyl (C=O) groups is 2. The molecule has 8 heteroatoms. The number of hydrogen-bond acceptors (Lipinski definition) is 3. The predicted molar refractivity (Wildman–Crippen MR) is 98.3 cm³/mol. The maximum absolute atomic E-state index is 14.1. The van der Waals surface area contributed by atoms with E-state index in [4.69, 9.17) is 11.6 Å². The van der Waals surface area contributed by atoms with Gasteiger partial charge in [-0.2, -0.15) is 0 Å². The standard InChI is InChI=1S/C17H12ClFINO4/c1-17(25)14-12(20)5-8(15(22)23)6-13(14)21(16(17)24)7-9-10(18)3-2-4-11(9)19/h2-6,25H,7H2,1H3,(H,22,23). The fourth-order valence-electron chi connectivity index (χ4n) is 2.89. The number of carbonyl (C=O) groups excluding carboxylic acids is 1. The van der Waals surface area contributed by atoms with Gasteiger partial charge < -0.3 is 15.1 Å². The van der Waals surface area contributed by atoms with Gasteiger partial charge in [0, 0.05) is 19.7 Å². The van der Waals surface area contributed by atoms with Gasteiger partial charge in [-0.3, -0.25) is 4.79 Å². The molecule has 2 aromatic carbocycles. The molecule has 1 aliphatic rings. The van der Waals surface area contributed by atoms with Crippen molar-refractivity contribution in [3.63, 3.8) is 0 Å². The van der Waals surface area contributed by atoms with E-state index in [1.165, 1.54) is 37.3 Å². The van der Waals surface area contributed by atoms with Crippen molar-refractivity contribution in [2.75, 3.05) is 4.90 Å². The molecule has 3 rings (SSSR count). The first-order valence-corrected chi connectivity index (χ1v) is 8.64. The van der Waals surface area contributed by atoms with Crippen molar-refractivity contribution in [3.8, 4) is 0 Å². The summed E-state index contributed by atoms with van der Waals surface area (Å²) in [5.74, 6) is -2.41. The van der Waals surface area contributed by atoms with Crippen molar-refractivity contribution in [2.45, 2.75) is 19.1 Å². The minimum Gasteiger partial charge on any atom is -0.478 e. The van der Waals surface area contributed by atoms with Crippen molar-refractivity contribution < 1.29 is 24.2 Å². The van der Waals surface area contributed by atoms with E-state index in [-0.39, 0.29) is 28.4 Å². The number of carboxylic acids is 1. The SMILES string of the molecule is CC1(O)C(=O)N(Cc2c(F)cccc2Cl)c2cc(C(=O)O)cc(I)c21. The summed E-state index contributed by atoms with van der Waals surface area (Å²) in [6.45, 7) is 1.12. The van der Waals surface area contributed by atoms with Crippen LogP contribution in [0.3, 0.4) is 0 Å². The summed E-state index contributed by atoms with van der Waals surface area (Å²) >= 11 is 7.90. The van der Waals surface area contributed by atoms with Crippen LogP contribution >= 0.6 is 34.2 Å². The maximum Gasteiger partial charge on any atom is 0.335 e. The summed E-state index contributed by atoms with van der Waals surface area (Å²) in [7, 11) is 0. The lowest BCUT2D eigenvalue weighted by Crippen LogP contribution is -2.38. The Kier molecular flexibility index (Phi) is 4.50. The molecule has 0 radical (unpaired) electrons. The summed E-state index contributed by atoms with van der Waals surface area (Å²) in [5, 5.41) is 20.0. The van der Waals surface area contributed by atoms with Crippen LogP contribution < -0.4 is 4.90 Å². The highest BCUT2D eigenvalue weighted by molar-refractivity contribution is 14.1. The number of hydrogen-bond donors (Lipinski definition) is 2. The largest absolute Gasteiger partial charge is 0.478 e. The third-order valence-electron chi connectivity index (χ3n) is 4.13. The quantitative estimate of drug-likeness (QED) is 0.666. The van der Waals surface area contributed by atoms with E-state index in [0.29, 0.717) is 9.13 Å². The highest BCUT2D eigenvalue weighted by Gasteiger charge is 2.48. The maximum atomic E-state index is 14.1. The molecule has 2 N–H and O–H groups in total. The molecule has 1 aliphatic heterocycles. The van der Waals surface area contributed by atoms with Crippen molar-refractivity contribution in [2.24, 2.45) is 0 Å². The molecule has 1 amide bonds. The molecule has 0 fully saturated rings. The molecule has 2 aromatic rings. The Balaban J connectivity index is 2.17. The lowest BCUT2D eigenvalue weighted by Gasteiger charge is -2.20. The Morgan fingerprint density at radius 2 is 2.08 bits per heavy atom. The van der Waals surface area contributed by atoms with Gasteiger partial charge >= 0.3 is 5.97 Å². The van der Waals surface area contributed by atoms with E-state index in [0.717, 1.165) is 4.90 Å². The van der Waals surface area contributed by atoms with Gasteiger partial charge in [-0.25, -0.2) is 9.18 Å². The second-order valence-electron chi connectivity index (χ2n) is 5.82. The van der Waals surface area contributed by atoms with Crippen molar-refractivity contribution in [1.29, 1.82) is 0 Å². The van der Waals surface area contributed by atoms with Gasteiger partial charge in [-0.1, -0.05) is 17.7 Å². The van der Waals surface area contributed by atoms with Crippen LogP contribution in [0, 0.1) is 9.39 Å². The average Bonchev–Trinajstić information content (AvgIpc) is 2.71. The van der Waals surface area contributed by atoms with Gasteiger partial charge in [-0.15, -0.1) is 0 Å². The molecule has 130 valence electrons. The molecule has 1 atom stereocenters. The minimum absolute atomic E-state index is 0.0294. The normalized spacial score (nSPS) is 19.2. The highest BCUT2D eigenvalue weighted by atomic mass is 127. The molecule has 0 aromatic heterocycles. The van der Waals surface area contributed by atoms with Crippen LogP contribution in [0.4, 0.5) is 10.1 Å². The van der Waals surface area contributed by atoms with Crippen LogP contribution in [0.5, 0.6) is 0 Å². The average molecular weight is 476 g/mol. The summed E-state index contributed by atoms with van der Waals surface area (Å²) in [5.41, 5.74) is -1.23. The van der Waals surface area contributed by atoms with E-state index in [1.54, 1.807) is 0 Å². The number of nitrogens with zero attached hydrogens (tertiary/aromatic N) is 1. The van der Waals surface area contributed by atoms with Crippen LogP contribution in [0.1, 0.15) is 28.4 Å². The Hall–Kier alpha value is -1.71. The van der Waals surface area contributed by atoms with E-state index in [1.807, 2.05) is 22.6 Å². The van der Waals surface area contributed by atoms with Gasteiger partial charge in [0.1, 0.15) is 5.82 Å². The summed E-state index contributed by atoms with van der Waals surface area (Å²) in [4.78, 5) is 25.2. The van der Waals surface area contributed by atoms with Gasteiger partial charge in [0.25, 0.3) is 5.91 Å². The van der Waals surface area contributed by atoms with Crippen molar-refractivity contribution in [3.05, 3.63) is 61.4 Å². The first-order chi connectivity index (χ1) is 11.6. The Morgan fingerprint density at radius 1 is 1.40 bits per heavy atom. The summed E-state index contributed by atoms with van der Waals surface area (Å²) in [6.07, 6.45) is 0. The second-order valence-corrected chi connectivity index (χ2v) is 7.39. The van der Waals surface area contributed by atoms with Crippen LogP contribution in [0.25, 0.3) is 0 Å². The van der Waals surface area contributed by atoms with Gasteiger partial charge in [0.15, 0.2) is 5.60 Å². The van der Waals surface area contributed by atoms with Gasteiger partial charge in [0.05, 0.1) is 17.8 Å². The smallest absolute Gasteiger partial charge is 0.335 e. The van der Waals surface area contributed by atoms with E-state index < -0.39 is 23.3 Å². The molecule has 0 aliphatic carbocycles. The number of anilines is 1. The van der Waals surface area contributed by atoms with Gasteiger partial charge in [0.2, 0.25) is 0 Å². The van der Waals surface area contributed by atoms with Crippen LogP contribution in [-0.2, 0) is 16.9 Å². The first kappa shape index (κ1) is 18.1. The third-order valence-corrected chi connectivity index (χ3v) is 5.34. The highest BCUT2D eigenvalue weighted by Crippen LogP contribution is 2.44. The van der Waals surface area contributed by atoms with Crippen molar-refractivity contribution >= 4 is 51.8 Å². The van der Waals surface area contributed by atoms with Gasteiger partial charge in [-0.05, 0) is 53.8 Å². The fourth-order valence-corrected chi connectivity index (χ4v) is 4.25. The number of fused-ring (bicyclic) bond motifs is 1. The summed E-state index contributed by atoms with van der Waals surface area (Å²) < 4.78 is 14.5. The van der Waals surface area contributed by atoms with Crippen LogP contribution in [-0.4, -0.2) is 22.1 Å². The molecule has 0 spiro atoms. The minimum atomic E-state index is -1.83. The fraction of sp³-hybridized carbons (Fsp3) is 0.176. The summed E-state index contributed by atoms with van der Waals surface area (Å²) in [6, 6.07) is 6.84. The van der Waals surface area contributed by atoms with E-state index in [9.17, 15) is 24.2 Å². The Labute approximate surface area is 161 Å². The molecule has 25 heavy (non-hydrogen) atoms. The predicted octanol–water partition coefficient (Wildman–Crippen LogP) is 3.54. The van der Waals surface area contributed by atoms with Crippen molar-refractivity contribution in [1.82, 2.24) is 0 Å². The Bertz CT molecular complexity index is 896. The lowest BCUT2D eigenvalue weighted by atomic mass is 9.97. The number of aliphatic hydroxyl groups is 1. The molecular formula is C17H12ClFINO4. The van der Waals surface area contributed by atoms with Crippen LogP contribution in [0.2, 0.25) is 5.02 Å². The van der Waals surface area contributed by atoms with E-state index in [2.05, 4.69) is 0 Å².